The number of rotatable bonds is 9. The zero-order chi connectivity index (χ0) is 20.9. The Morgan fingerprint density at radius 2 is 1.82 bits per heavy atom. The topological polar surface area (TPSA) is 45.5 Å². The summed E-state index contributed by atoms with van der Waals surface area (Å²) >= 11 is 3.52. The van der Waals surface area contributed by atoms with E-state index in [0.29, 0.717) is 25.1 Å². The van der Waals surface area contributed by atoms with E-state index in [9.17, 15) is 0 Å². The molecule has 8 heteroatoms. The second-order valence-electron chi connectivity index (χ2n) is 7.83. The summed E-state index contributed by atoms with van der Waals surface area (Å²) in [5.41, 5.74) is 1.27. The van der Waals surface area contributed by atoms with Crippen molar-refractivity contribution in [3.63, 3.8) is 0 Å². The van der Waals surface area contributed by atoms with Crippen molar-refractivity contribution in [2.75, 3.05) is 6.61 Å². The van der Waals surface area contributed by atoms with Gasteiger partial charge in [-0.2, -0.15) is 5.26 Å². The zero-order valence-corrected chi connectivity index (χ0v) is 21.5. The Balaban J connectivity index is 2.28. The Hall–Kier alpha value is 0.200. The maximum Gasteiger partial charge on any atom is 0.259 e. The van der Waals surface area contributed by atoms with Crippen molar-refractivity contribution in [3.05, 3.63) is 34.3 Å². The largest absolute Gasteiger partial charge is 0.321 e. The van der Waals surface area contributed by atoms with E-state index in [1.165, 1.54) is 5.56 Å². The van der Waals surface area contributed by atoms with E-state index in [1.54, 1.807) is 0 Å². The summed E-state index contributed by atoms with van der Waals surface area (Å²) in [6, 6.07) is 11.3. The maximum absolute atomic E-state index is 8.93. The van der Waals surface area contributed by atoms with Gasteiger partial charge in [0.1, 0.15) is 0 Å². The summed E-state index contributed by atoms with van der Waals surface area (Å²) in [4.78, 5) is 0. The standard InChI is InChI=1S/C20H30BrN2O2PS2/c1-14(2)23(15(3)4)26(24-13-7-12-22)25-19-18(27-28-20(19,5)6)16-8-10-17(21)11-9-16/h8-11,14-15,18-19H,7,13H2,1-6H3/t18-,19+,26?/m0/s1. The summed E-state index contributed by atoms with van der Waals surface area (Å²) in [6.45, 7) is 13.6. The number of halogens is 1. The number of nitrogens with zero attached hydrogens (tertiary/aromatic N) is 2. The van der Waals surface area contributed by atoms with Crippen molar-refractivity contribution in [2.24, 2.45) is 0 Å². The Morgan fingerprint density at radius 3 is 2.36 bits per heavy atom. The van der Waals surface area contributed by atoms with E-state index in [2.05, 4.69) is 92.5 Å². The molecule has 1 heterocycles. The molecule has 156 valence electrons. The molecular formula is C20H30BrN2O2PS2. The molecule has 1 unspecified atom stereocenters. The molecule has 1 saturated heterocycles. The van der Waals surface area contributed by atoms with Crippen LogP contribution in [0.1, 0.15) is 58.8 Å². The molecule has 0 spiro atoms. The first-order chi connectivity index (χ1) is 13.2. The summed E-state index contributed by atoms with van der Waals surface area (Å²) < 4.78 is 16.2. The Kier molecular flexibility index (Phi) is 9.61. The average Bonchev–Trinajstić information content (AvgIpc) is 2.90. The van der Waals surface area contributed by atoms with E-state index < -0.39 is 8.53 Å². The summed E-state index contributed by atoms with van der Waals surface area (Å²) in [7, 11) is 2.49. The van der Waals surface area contributed by atoms with Crippen LogP contribution in [0.3, 0.4) is 0 Å². The van der Waals surface area contributed by atoms with Gasteiger partial charge < -0.3 is 9.05 Å². The van der Waals surface area contributed by atoms with Crippen LogP contribution >= 0.6 is 46.0 Å². The molecule has 0 bridgehead atoms. The summed E-state index contributed by atoms with van der Waals surface area (Å²) in [5, 5.41) is 9.16. The molecule has 0 aliphatic carbocycles. The highest BCUT2D eigenvalue weighted by Gasteiger charge is 2.48. The van der Waals surface area contributed by atoms with Gasteiger partial charge in [-0.15, -0.1) is 0 Å². The van der Waals surface area contributed by atoms with Gasteiger partial charge in [0.05, 0.1) is 30.5 Å². The average molecular weight is 505 g/mol. The lowest BCUT2D eigenvalue weighted by molar-refractivity contribution is 0.114. The summed E-state index contributed by atoms with van der Waals surface area (Å²) in [6.07, 6.45) is 0.386. The lowest BCUT2D eigenvalue weighted by atomic mass is 9.98. The van der Waals surface area contributed by atoms with Gasteiger partial charge in [-0.3, -0.25) is 0 Å². The molecule has 0 saturated carbocycles. The second-order valence-corrected chi connectivity index (χ2v) is 13.1. The van der Waals surface area contributed by atoms with Crippen LogP contribution in [0, 0.1) is 11.3 Å². The zero-order valence-electron chi connectivity index (χ0n) is 17.4. The highest BCUT2D eigenvalue weighted by atomic mass is 79.9. The van der Waals surface area contributed by atoms with Gasteiger partial charge in [-0.05, 0) is 59.2 Å². The molecule has 0 aromatic heterocycles. The fourth-order valence-corrected chi connectivity index (χ4v) is 8.85. The van der Waals surface area contributed by atoms with Gasteiger partial charge in [0, 0.05) is 21.3 Å². The molecule has 1 aromatic carbocycles. The molecule has 1 aliphatic heterocycles. The quantitative estimate of drug-likeness (QED) is 0.199. The van der Waals surface area contributed by atoms with Gasteiger partial charge in [0.15, 0.2) is 0 Å². The molecule has 3 atom stereocenters. The number of hydrogen-bond donors (Lipinski definition) is 0. The van der Waals surface area contributed by atoms with E-state index >= 15 is 0 Å². The van der Waals surface area contributed by atoms with Crippen molar-refractivity contribution in [2.45, 2.75) is 76.1 Å². The van der Waals surface area contributed by atoms with Crippen molar-refractivity contribution >= 4 is 46.0 Å². The van der Waals surface area contributed by atoms with Crippen LogP contribution in [-0.4, -0.2) is 34.2 Å². The molecular weight excluding hydrogens is 475 g/mol. The molecule has 0 N–H and O–H groups in total. The highest BCUT2D eigenvalue weighted by Crippen LogP contribution is 2.63. The Bertz CT molecular complexity index is 659. The first kappa shape index (κ1) is 24.5. The monoisotopic (exact) mass is 504 g/mol. The Labute approximate surface area is 187 Å². The van der Waals surface area contributed by atoms with Crippen LogP contribution in [0.5, 0.6) is 0 Å². The van der Waals surface area contributed by atoms with Crippen LogP contribution in [0.2, 0.25) is 0 Å². The van der Waals surface area contributed by atoms with Crippen molar-refractivity contribution in [1.82, 2.24) is 4.67 Å². The number of benzene rings is 1. The maximum atomic E-state index is 8.93. The molecule has 0 amide bonds. The fraction of sp³-hybridized carbons (Fsp3) is 0.650. The third kappa shape index (κ3) is 6.35. The Morgan fingerprint density at radius 1 is 1.21 bits per heavy atom. The minimum atomic E-state index is -1.26. The van der Waals surface area contributed by atoms with Crippen LogP contribution in [0.25, 0.3) is 0 Å². The van der Waals surface area contributed by atoms with E-state index in [-0.39, 0.29) is 16.1 Å². The second kappa shape index (κ2) is 11.0. The third-order valence-electron chi connectivity index (χ3n) is 4.39. The molecule has 0 radical (unpaired) electrons. The number of nitriles is 1. The van der Waals surface area contributed by atoms with E-state index in [1.807, 2.05) is 21.6 Å². The molecule has 1 fully saturated rings. The summed E-state index contributed by atoms with van der Waals surface area (Å²) in [5.74, 6) is 0. The van der Waals surface area contributed by atoms with Crippen LogP contribution in [0.4, 0.5) is 0 Å². The lowest BCUT2D eigenvalue weighted by Gasteiger charge is -2.39. The predicted octanol–water partition coefficient (Wildman–Crippen LogP) is 7.32. The first-order valence-electron chi connectivity index (χ1n) is 9.52. The number of hydrogen-bond acceptors (Lipinski definition) is 6. The van der Waals surface area contributed by atoms with Gasteiger partial charge in [-0.1, -0.05) is 49.7 Å². The molecule has 2 rings (SSSR count). The van der Waals surface area contributed by atoms with Crippen LogP contribution in [-0.2, 0) is 9.05 Å². The van der Waals surface area contributed by atoms with Gasteiger partial charge in [-0.25, -0.2) is 4.67 Å². The van der Waals surface area contributed by atoms with Crippen molar-refractivity contribution in [3.8, 4) is 6.07 Å². The molecule has 28 heavy (non-hydrogen) atoms. The molecule has 1 aliphatic rings. The first-order valence-corrected chi connectivity index (χ1v) is 13.7. The van der Waals surface area contributed by atoms with Crippen LogP contribution < -0.4 is 0 Å². The van der Waals surface area contributed by atoms with Gasteiger partial charge in [0.25, 0.3) is 8.53 Å². The minimum absolute atomic E-state index is 0.0110. The van der Waals surface area contributed by atoms with E-state index in [4.69, 9.17) is 14.3 Å². The van der Waals surface area contributed by atoms with E-state index in [0.717, 1.165) is 4.47 Å². The molecule has 1 aromatic rings. The smallest absolute Gasteiger partial charge is 0.259 e. The minimum Gasteiger partial charge on any atom is -0.321 e. The lowest BCUT2D eigenvalue weighted by Crippen LogP contribution is -2.39. The van der Waals surface area contributed by atoms with Crippen molar-refractivity contribution < 1.29 is 9.05 Å². The third-order valence-corrected chi connectivity index (χ3v) is 10.7. The highest BCUT2D eigenvalue weighted by molar-refractivity contribution is 9.10. The van der Waals surface area contributed by atoms with Crippen molar-refractivity contribution in [1.29, 1.82) is 5.26 Å². The molecule has 4 nitrogen and oxygen atoms in total. The normalized spacial score (nSPS) is 22.8. The fourth-order valence-electron chi connectivity index (χ4n) is 3.09. The van der Waals surface area contributed by atoms with Gasteiger partial charge in [0.2, 0.25) is 0 Å². The van der Waals surface area contributed by atoms with Gasteiger partial charge >= 0.3 is 0 Å². The van der Waals surface area contributed by atoms with Crippen LogP contribution in [0.15, 0.2) is 28.7 Å². The predicted molar refractivity (Wildman–Crippen MR) is 126 cm³/mol. The SMILES string of the molecule is CC(C)N(C(C)C)P(OCCC#N)O[C@@H]1[C@H](c2ccc(Br)cc2)SSC1(C)C.